The summed E-state index contributed by atoms with van der Waals surface area (Å²) in [5, 5.41) is 0.745. The predicted octanol–water partition coefficient (Wildman–Crippen LogP) is 6.95. The molecule has 30 heavy (non-hydrogen) atoms. The van der Waals surface area contributed by atoms with E-state index in [1.54, 1.807) is 0 Å². The molecular weight excluding hydrogens is 390 g/mol. The first-order valence-corrected chi connectivity index (χ1v) is 11.1. The van der Waals surface area contributed by atoms with Crippen LogP contribution in [-0.2, 0) is 0 Å². The van der Waals surface area contributed by atoms with Gasteiger partial charge in [-0.15, -0.1) is 0 Å². The lowest BCUT2D eigenvalue weighted by molar-refractivity contribution is 0.249. The van der Waals surface area contributed by atoms with E-state index in [1.807, 2.05) is 60.7 Å². The van der Waals surface area contributed by atoms with Crippen LogP contribution in [0.25, 0.3) is 10.6 Å². The van der Waals surface area contributed by atoms with Crippen LogP contribution in [0, 0.1) is 0 Å². The summed E-state index contributed by atoms with van der Waals surface area (Å²) in [6, 6.07) is 28.6. The number of ether oxygens (including phenoxy) is 1. The van der Waals surface area contributed by atoms with Crippen LogP contribution < -0.4 is 4.74 Å². The van der Waals surface area contributed by atoms with Crippen LogP contribution in [0.1, 0.15) is 37.0 Å². The molecule has 0 spiro atoms. The molecule has 0 fully saturated rings. The number of nitrogens with zero attached hydrogens (tertiary/aromatic N) is 1. The van der Waals surface area contributed by atoms with Gasteiger partial charge in [-0.3, -0.25) is 0 Å². The van der Waals surface area contributed by atoms with Crippen molar-refractivity contribution in [2.45, 2.75) is 20.3 Å². The molecule has 3 aromatic rings. The van der Waals surface area contributed by atoms with E-state index in [-0.39, 0.29) is 0 Å². The van der Waals surface area contributed by atoms with Crippen molar-refractivity contribution in [2.24, 2.45) is 0 Å². The zero-order valence-corrected chi connectivity index (χ0v) is 18.6. The number of hydrogen-bond donors (Lipinski definition) is 0. The van der Waals surface area contributed by atoms with E-state index >= 15 is 0 Å². The molecule has 3 aromatic carbocycles. The summed E-state index contributed by atoms with van der Waals surface area (Å²) in [6.07, 6.45) is 1.03. The van der Waals surface area contributed by atoms with Gasteiger partial charge in [-0.25, -0.2) is 0 Å². The van der Waals surface area contributed by atoms with Crippen LogP contribution in [0.2, 0.25) is 0 Å². The Morgan fingerprint density at radius 2 is 1.27 bits per heavy atom. The lowest BCUT2D eigenvalue weighted by Gasteiger charge is -2.18. The van der Waals surface area contributed by atoms with E-state index in [0.29, 0.717) is 0 Å². The quantitative estimate of drug-likeness (QED) is 0.260. The van der Waals surface area contributed by atoms with Gasteiger partial charge in [-0.1, -0.05) is 98.2 Å². The largest absolute Gasteiger partial charge is 0.494 e. The standard InChI is InChI=1S/C27H30ClNO/c1-3-29(4-2)20-11-21-30-25-18-16-23(17-19-25)26(22-12-7-5-8-13-22)27(28)24-14-9-6-10-15-24/h5-10,12-19H,3-4,11,20-21H2,1-2H3/b27-26+. The molecule has 156 valence electrons. The van der Waals surface area contributed by atoms with Gasteiger partial charge in [0, 0.05) is 12.1 Å². The van der Waals surface area contributed by atoms with Crippen molar-refractivity contribution >= 4 is 22.2 Å². The Morgan fingerprint density at radius 1 is 0.733 bits per heavy atom. The molecule has 0 unspecified atom stereocenters. The van der Waals surface area contributed by atoms with E-state index in [1.165, 1.54) is 0 Å². The Morgan fingerprint density at radius 3 is 1.83 bits per heavy atom. The highest BCUT2D eigenvalue weighted by Gasteiger charge is 2.12. The summed E-state index contributed by atoms with van der Waals surface area (Å²) in [5.74, 6) is 0.890. The first-order valence-electron chi connectivity index (χ1n) is 10.7. The van der Waals surface area contributed by atoms with Gasteiger partial charge in [0.2, 0.25) is 0 Å². The number of rotatable bonds is 10. The minimum absolute atomic E-state index is 0.724. The molecule has 0 aromatic heterocycles. The highest BCUT2D eigenvalue weighted by atomic mass is 35.5. The van der Waals surface area contributed by atoms with Gasteiger partial charge in [0.05, 0.1) is 11.6 Å². The Hall–Kier alpha value is -2.55. The molecule has 3 rings (SSSR count). The van der Waals surface area contributed by atoms with E-state index in [4.69, 9.17) is 16.3 Å². The van der Waals surface area contributed by atoms with Crippen molar-refractivity contribution in [3.63, 3.8) is 0 Å². The predicted molar refractivity (Wildman–Crippen MR) is 129 cm³/mol. The Balaban J connectivity index is 1.79. The molecule has 0 radical (unpaired) electrons. The second-order valence-corrected chi connectivity index (χ2v) is 7.55. The average Bonchev–Trinajstić information content (AvgIpc) is 2.81. The lowest BCUT2D eigenvalue weighted by Crippen LogP contribution is -2.25. The Labute approximate surface area is 185 Å². The summed E-state index contributed by atoms with van der Waals surface area (Å²) >= 11 is 6.88. The zero-order valence-electron chi connectivity index (χ0n) is 17.9. The molecule has 0 bridgehead atoms. The maximum Gasteiger partial charge on any atom is 0.119 e. The maximum atomic E-state index is 6.88. The van der Waals surface area contributed by atoms with Crippen LogP contribution in [0.15, 0.2) is 84.9 Å². The molecule has 0 heterocycles. The first-order chi connectivity index (χ1) is 14.7. The van der Waals surface area contributed by atoms with Crippen LogP contribution in [0.4, 0.5) is 0 Å². The SMILES string of the molecule is CCN(CC)CCCOc1ccc(/C(=C(/Cl)c2ccccc2)c2ccccc2)cc1. The lowest BCUT2D eigenvalue weighted by atomic mass is 9.95. The van der Waals surface area contributed by atoms with Crippen molar-refractivity contribution in [3.05, 3.63) is 102 Å². The molecular formula is C27H30ClNO. The van der Waals surface area contributed by atoms with Gasteiger partial charge in [0.25, 0.3) is 0 Å². The highest BCUT2D eigenvalue weighted by molar-refractivity contribution is 6.53. The molecule has 0 amide bonds. The van der Waals surface area contributed by atoms with E-state index in [0.717, 1.165) is 65.7 Å². The van der Waals surface area contributed by atoms with Gasteiger partial charge in [-0.2, -0.15) is 0 Å². The fourth-order valence-electron chi connectivity index (χ4n) is 3.49. The van der Waals surface area contributed by atoms with Crippen LogP contribution in [0.3, 0.4) is 0 Å². The summed E-state index contributed by atoms with van der Waals surface area (Å²) in [7, 11) is 0. The monoisotopic (exact) mass is 419 g/mol. The fourth-order valence-corrected chi connectivity index (χ4v) is 3.83. The summed E-state index contributed by atoms with van der Waals surface area (Å²) in [4.78, 5) is 2.41. The maximum absolute atomic E-state index is 6.88. The fraction of sp³-hybridized carbons (Fsp3) is 0.259. The molecule has 2 nitrogen and oxygen atoms in total. The van der Waals surface area contributed by atoms with Crippen LogP contribution in [0.5, 0.6) is 5.75 Å². The van der Waals surface area contributed by atoms with Crippen molar-refractivity contribution < 1.29 is 4.74 Å². The van der Waals surface area contributed by atoms with Gasteiger partial charge < -0.3 is 9.64 Å². The van der Waals surface area contributed by atoms with E-state index in [2.05, 4.69) is 43.0 Å². The first kappa shape index (κ1) is 22.1. The summed E-state index contributed by atoms with van der Waals surface area (Å²) < 4.78 is 5.96. The van der Waals surface area contributed by atoms with E-state index < -0.39 is 0 Å². The second kappa shape index (κ2) is 11.6. The smallest absolute Gasteiger partial charge is 0.119 e. The van der Waals surface area contributed by atoms with Crippen molar-refractivity contribution in [1.29, 1.82) is 0 Å². The minimum atomic E-state index is 0.724. The normalized spacial score (nSPS) is 12.0. The molecule has 0 aliphatic carbocycles. The van der Waals surface area contributed by atoms with Gasteiger partial charge in [-0.05, 0) is 48.3 Å². The molecule has 0 aliphatic heterocycles. The molecule has 0 aliphatic rings. The molecule has 3 heteroatoms. The van der Waals surface area contributed by atoms with Crippen LogP contribution in [-0.4, -0.2) is 31.1 Å². The summed E-state index contributed by atoms with van der Waals surface area (Å²) in [5.41, 5.74) is 4.20. The zero-order chi connectivity index (χ0) is 21.2. The van der Waals surface area contributed by atoms with E-state index in [9.17, 15) is 0 Å². The van der Waals surface area contributed by atoms with Crippen LogP contribution >= 0.6 is 11.6 Å². The molecule has 0 saturated heterocycles. The van der Waals surface area contributed by atoms with Gasteiger partial charge >= 0.3 is 0 Å². The Kier molecular flexibility index (Phi) is 8.55. The number of benzene rings is 3. The van der Waals surface area contributed by atoms with Crippen molar-refractivity contribution in [1.82, 2.24) is 4.90 Å². The number of halogens is 1. The topological polar surface area (TPSA) is 12.5 Å². The second-order valence-electron chi connectivity index (χ2n) is 7.17. The minimum Gasteiger partial charge on any atom is -0.494 e. The Bertz CT molecular complexity index is 916. The molecule has 0 atom stereocenters. The third-order valence-electron chi connectivity index (χ3n) is 5.23. The van der Waals surface area contributed by atoms with Crippen molar-refractivity contribution in [3.8, 4) is 5.75 Å². The third-order valence-corrected chi connectivity index (χ3v) is 5.64. The van der Waals surface area contributed by atoms with Gasteiger partial charge in [0.15, 0.2) is 0 Å². The summed E-state index contributed by atoms with van der Waals surface area (Å²) in [6.45, 7) is 8.35. The van der Waals surface area contributed by atoms with Crippen molar-refractivity contribution in [2.75, 3.05) is 26.2 Å². The highest BCUT2D eigenvalue weighted by Crippen LogP contribution is 2.35. The molecule has 0 N–H and O–H groups in total. The average molecular weight is 420 g/mol. The van der Waals surface area contributed by atoms with Gasteiger partial charge in [0.1, 0.15) is 5.75 Å². The number of hydrogen-bond acceptors (Lipinski definition) is 2. The molecule has 0 saturated carbocycles. The third kappa shape index (κ3) is 5.98.